The summed E-state index contributed by atoms with van der Waals surface area (Å²) in [5.74, 6) is -2.65. The van der Waals surface area contributed by atoms with Crippen molar-refractivity contribution in [3.05, 3.63) is 66.0 Å². The number of anilines is 1. The van der Waals surface area contributed by atoms with Gasteiger partial charge in [0.25, 0.3) is 0 Å². The Hall–Kier alpha value is -3.79. The summed E-state index contributed by atoms with van der Waals surface area (Å²) in [7, 11) is 0. The standard InChI is InChI=1S/C30H40FN5O4/c1-19(2)18-35-14-15-36(30(40)29(35)39)21(4)28(38)34-26(17-22-8-6-5-7-9-22)25(32)16-20(3)27(37)33-24-12-10-23(31)11-13-24/h5-13,19-21,25-26H,14-18,32H2,1-4H3,(H,33,37)(H,34,38)/t20-,21-,25+,26+/m1/s1. The quantitative estimate of drug-likeness (QED) is 0.349. The van der Waals surface area contributed by atoms with Crippen molar-refractivity contribution in [1.29, 1.82) is 0 Å². The molecular formula is C30H40FN5O4. The lowest BCUT2D eigenvalue weighted by Gasteiger charge is -2.38. The number of amides is 4. The van der Waals surface area contributed by atoms with E-state index in [9.17, 15) is 23.6 Å². The number of halogens is 1. The lowest BCUT2D eigenvalue weighted by molar-refractivity contribution is -0.159. The summed E-state index contributed by atoms with van der Waals surface area (Å²) < 4.78 is 13.2. The first kappa shape index (κ1) is 30.7. The predicted octanol–water partition coefficient (Wildman–Crippen LogP) is 2.56. The van der Waals surface area contributed by atoms with E-state index in [4.69, 9.17) is 5.73 Å². The van der Waals surface area contributed by atoms with Crippen molar-refractivity contribution >= 4 is 29.3 Å². The number of hydrogen-bond acceptors (Lipinski definition) is 5. The van der Waals surface area contributed by atoms with Crippen LogP contribution >= 0.6 is 0 Å². The highest BCUT2D eigenvalue weighted by Gasteiger charge is 2.38. The number of nitrogens with one attached hydrogen (secondary N) is 2. The van der Waals surface area contributed by atoms with Crippen LogP contribution in [0.15, 0.2) is 54.6 Å². The zero-order valence-electron chi connectivity index (χ0n) is 23.6. The first-order valence-corrected chi connectivity index (χ1v) is 13.7. The van der Waals surface area contributed by atoms with Crippen LogP contribution in [0.3, 0.4) is 0 Å². The topological polar surface area (TPSA) is 125 Å². The van der Waals surface area contributed by atoms with Gasteiger partial charge in [-0.1, -0.05) is 51.1 Å². The molecule has 2 aromatic carbocycles. The molecule has 1 aliphatic rings. The number of rotatable bonds is 12. The SMILES string of the molecule is CC(C)CN1CCN([C@H](C)C(=O)N[C@@H](Cc2ccccc2)[C@@H](N)C[C@@H](C)C(=O)Nc2ccc(F)cc2)C(=O)C1=O. The highest BCUT2D eigenvalue weighted by atomic mass is 19.1. The Bertz CT molecular complexity index is 1170. The number of hydrogen-bond donors (Lipinski definition) is 3. The molecule has 216 valence electrons. The molecule has 0 aliphatic carbocycles. The highest BCUT2D eigenvalue weighted by molar-refractivity contribution is 6.35. The normalized spacial score (nSPS) is 16.9. The van der Waals surface area contributed by atoms with Gasteiger partial charge in [-0.05, 0) is 55.5 Å². The summed E-state index contributed by atoms with van der Waals surface area (Å²) in [6.07, 6.45) is 0.687. The van der Waals surface area contributed by atoms with E-state index in [-0.39, 0.29) is 24.8 Å². The molecule has 0 aromatic heterocycles. The summed E-state index contributed by atoms with van der Waals surface area (Å²) in [6, 6.07) is 13.0. The minimum atomic E-state index is -0.873. The minimum Gasteiger partial charge on any atom is -0.350 e. The molecule has 0 bridgehead atoms. The molecule has 2 aromatic rings. The average Bonchev–Trinajstić information content (AvgIpc) is 2.92. The van der Waals surface area contributed by atoms with Crippen molar-refractivity contribution in [1.82, 2.24) is 15.1 Å². The molecule has 4 N–H and O–H groups in total. The fraction of sp³-hybridized carbons (Fsp3) is 0.467. The first-order valence-electron chi connectivity index (χ1n) is 13.7. The lowest BCUT2D eigenvalue weighted by atomic mass is 9.92. The molecule has 0 unspecified atom stereocenters. The third-order valence-corrected chi connectivity index (χ3v) is 7.10. The van der Waals surface area contributed by atoms with Gasteiger partial charge in [-0.15, -0.1) is 0 Å². The van der Waals surface area contributed by atoms with Crippen molar-refractivity contribution < 1.29 is 23.6 Å². The molecule has 9 nitrogen and oxygen atoms in total. The zero-order chi connectivity index (χ0) is 29.4. The van der Waals surface area contributed by atoms with Crippen LogP contribution < -0.4 is 16.4 Å². The molecule has 0 radical (unpaired) electrons. The molecule has 40 heavy (non-hydrogen) atoms. The molecule has 4 atom stereocenters. The summed E-state index contributed by atoms with van der Waals surface area (Å²) in [5.41, 5.74) is 8.00. The van der Waals surface area contributed by atoms with Crippen LogP contribution in [0.2, 0.25) is 0 Å². The second-order valence-electron chi connectivity index (χ2n) is 10.9. The first-order chi connectivity index (χ1) is 19.0. The summed E-state index contributed by atoms with van der Waals surface area (Å²) in [6.45, 7) is 8.41. The second kappa shape index (κ2) is 14.0. The molecule has 4 amide bonds. The Balaban J connectivity index is 1.67. The summed E-state index contributed by atoms with van der Waals surface area (Å²) in [4.78, 5) is 54.4. The molecule has 0 spiro atoms. The van der Waals surface area contributed by atoms with Gasteiger partial charge in [0.2, 0.25) is 11.8 Å². The Morgan fingerprint density at radius 1 is 0.925 bits per heavy atom. The molecular weight excluding hydrogens is 513 g/mol. The van der Waals surface area contributed by atoms with E-state index in [0.717, 1.165) is 5.56 Å². The van der Waals surface area contributed by atoms with Crippen LogP contribution in [0.1, 0.15) is 39.7 Å². The third kappa shape index (κ3) is 8.35. The fourth-order valence-corrected chi connectivity index (χ4v) is 4.77. The van der Waals surface area contributed by atoms with E-state index in [1.165, 1.54) is 34.1 Å². The Morgan fingerprint density at radius 2 is 1.57 bits per heavy atom. The van der Waals surface area contributed by atoms with Crippen molar-refractivity contribution in [3.8, 4) is 0 Å². The number of nitrogens with zero attached hydrogens (tertiary/aromatic N) is 2. The van der Waals surface area contributed by atoms with Crippen molar-refractivity contribution in [2.45, 2.75) is 58.7 Å². The van der Waals surface area contributed by atoms with Gasteiger partial charge in [-0.2, -0.15) is 0 Å². The van der Waals surface area contributed by atoms with E-state index in [1.807, 2.05) is 44.2 Å². The number of piperazine rings is 1. The Labute approximate surface area is 235 Å². The van der Waals surface area contributed by atoms with Crippen molar-refractivity contribution in [2.24, 2.45) is 17.6 Å². The Morgan fingerprint density at radius 3 is 2.20 bits per heavy atom. The maximum atomic E-state index is 13.4. The van der Waals surface area contributed by atoms with Gasteiger partial charge in [0.1, 0.15) is 11.9 Å². The third-order valence-electron chi connectivity index (χ3n) is 7.10. The second-order valence-corrected chi connectivity index (χ2v) is 10.9. The molecule has 0 saturated carbocycles. The van der Waals surface area contributed by atoms with Crippen LogP contribution in [0, 0.1) is 17.7 Å². The molecule has 10 heteroatoms. The maximum absolute atomic E-state index is 13.4. The molecule has 1 aliphatic heterocycles. The van der Waals surface area contributed by atoms with Crippen LogP contribution in [-0.2, 0) is 25.6 Å². The van der Waals surface area contributed by atoms with Gasteiger partial charge in [-0.3, -0.25) is 19.2 Å². The van der Waals surface area contributed by atoms with Gasteiger partial charge in [0.05, 0.1) is 0 Å². The molecule has 3 rings (SSSR count). The van der Waals surface area contributed by atoms with Crippen LogP contribution in [0.5, 0.6) is 0 Å². The van der Waals surface area contributed by atoms with Crippen LogP contribution in [0.4, 0.5) is 10.1 Å². The average molecular weight is 554 g/mol. The highest BCUT2D eigenvalue weighted by Crippen LogP contribution is 2.17. The number of nitrogens with two attached hydrogens (primary N) is 1. The van der Waals surface area contributed by atoms with Gasteiger partial charge in [0, 0.05) is 43.3 Å². The predicted molar refractivity (Wildman–Crippen MR) is 151 cm³/mol. The summed E-state index contributed by atoms with van der Waals surface area (Å²) >= 11 is 0. The number of carbonyl (C=O) groups is 4. The lowest BCUT2D eigenvalue weighted by Crippen LogP contribution is -2.61. The summed E-state index contributed by atoms with van der Waals surface area (Å²) in [5, 5.41) is 5.75. The van der Waals surface area contributed by atoms with E-state index in [2.05, 4.69) is 10.6 Å². The van der Waals surface area contributed by atoms with E-state index in [1.54, 1.807) is 13.8 Å². The van der Waals surface area contributed by atoms with E-state index < -0.39 is 47.6 Å². The number of benzene rings is 2. The minimum absolute atomic E-state index is 0.226. The Kier molecular flexibility index (Phi) is 10.8. The molecule has 1 saturated heterocycles. The maximum Gasteiger partial charge on any atom is 0.312 e. The fourth-order valence-electron chi connectivity index (χ4n) is 4.77. The largest absolute Gasteiger partial charge is 0.350 e. The molecule has 1 heterocycles. The zero-order valence-corrected chi connectivity index (χ0v) is 23.6. The van der Waals surface area contributed by atoms with Gasteiger partial charge >= 0.3 is 11.8 Å². The van der Waals surface area contributed by atoms with E-state index in [0.29, 0.717) is 25.2 Å². The smallest absolute Gasteiger partial charge is 0.312 e. The van der Waals surface area contributed by atoms with Crippen LogP contribution in [0.25, 0.3) is 0 Å². The van der Waals surface area contributed by atoms with Crippen molar-refractivity contribution in [3.63, 3.8) is 0 Å². The molecule has 1 fully saturated rings. The van der Waals surface area contributed by atoms with Crippen molar-refractivity contribution in [2.75, 3.05) is 25.0 Å². The number of carbonyl (C=O) groups excluding carboxylic acids is 4. The van der Waals surface area contributed by atoms with E-state index >= 15 is 0 Å². The van der Waals surface area contributed by atoms with Gasteiger partial charge in [0.15, 0.2) is 0 Å². The van der Waals surface area contributed by atoms with Gasteiger partial charge < -0.3 is 26.2 Å². The van der Waals surface area contributed by atoms with Gasteiger partial charge in [-0.25, -0.2) is 4.39 Å². The monoisotopic (exact) mass is 553 g/mol. The van der Waals surface area contributed by atoms with Crippen LogP contribution in [-0.4, -0.2) is 71.2 Å².